The largest absolute Gasteiger partial charge is 0.382 e. The average molecular weight is 414 g/mol. The molecular weight excluding hydrogens is 404 g/mol. The molecule has 2 aromatic carbocycles. The summed E-state index contributed by atoms with van der Waals surface area (Å²) in [6.07, 6.45) is 0. The van der Waals surface area contributed by atoms with Gasteiger partial charge < -0.3 is 5.73 Å². The summed E-state index contributed by atoms with van der Waals surface area (Å²) in [6.45, 7) is 0. The Morgan fingerprint density at radius 2 is 2.00 bits per heavy atom. The van der Waals surface area contributed by atoms with Crippen molar-refractivity contribution in [3.05, 3.63) is 56.9 Å². The number of rotatable bonds is 2. The molecule has 0 spiro atoms. The number of nitrogens with two attached hydrogens (primary N) is 1. The number of aromatic nitrogens is 2. The van der Waals surface area contributed by atoms with Crippen LogP contribution in [0.25, 0.3) is 22.4 Å². The maximum Gasteiger partial charge on any atom is 0.153 e. The van der Waals surface area contributed by atoms with Gasteiger partial charge >= 0.3 is 0 Å². The van der Waals surface area contributed by atoms with E-state index in [4.69, 9.17) is 17.3 Å². The Morgan fingerprint density at radius 1 is 1.19 bits per heavy atom. The summed E-state index contributed by atoms with van der Waals surface area (Å²) in [7, 11) is 0. The molecule has 0 amide bonds. The van der Waals surface area contributed by atoms with E-state index in [0.717, 1.165) is 26.0 Å². The molecule has 106 valence electrons. The summed E-state index contributed by atoms with van der Waals surface area (Å²) in [5, 5.41) is 7.62. The summed E-state index contributed by atoms with van der Waals surface area (Å²) in [5.41, 5.74) is 9.20. The Kier molecular flexibility index (Phi) is 3.86. The first kappa shape index (κ1) is 14.3. The maximum atomic E-state index is 13.3. The van der Waals surface area contributed by atoms with Crippen LogP contribution in [0.4, 0.5) is 10.2 Å². The summed E-state index contributed by atoms with van der Waals surface area (Å²) in [6, 6.07) is 12.0. The van der Waals surface area contributed by atoms with Crippen LogP contribution in [0.1, 0.15) is 0 Å². The molecule has 0 saturated heterocycles. The number of halogens is 3. The van der Waals surface area contributed by atoms with Crippen molar-refractivity contribution in [1.82, 2.24) is 10.2 Å². The first-order chi connectivity index (χ1) is 10.1. The van der Waals surface area contributed by atoms with Gasteiger partial charge in [0.2, 0.25) is 0 Å². The lowest BCUT2D eigenvalue weighted by Crippen LogP contribution is -1.90. The van der Waals surface area contributed by atoms with Gasteiger partial charge in [-0.05, 0) is 58.5 Å². The molecule has 0 atom stereocenters. The van der Waals surface area contributed by atoms with E-state index >= 15 is 0 Å². The van der Waals surface area contributed by atoms with Crippen LogP contribution in [-0.2, 0) is 0 Å². The molecule has 0 unspecified atom stereocenters. The van der Waals surface area contributed by atoms with Crippen LogP contribution in [-0.4, -0.2) is 10.2 Å². The van der Waals surface area contributed by atoms with E-state index in [-0.39, 0.29) is 5.82 Å². The highest BCUT2D eigenvalue weighted by molar-refractivity contribution is 14.1. The molecule has 3 aromatic rings. The van der Waals surface area contributed by atoms with E-state index in [2.05, 4.69) is 32.8 Å². The number of anilines is 1. The van der Waals surface area contributed by atoms with Gasteiger partial charge in [0.25, 0.3) is 0 Å². The lowest BCUT2D eigenvalue weighted by Gasteiger charge is -2.07. The van der Waals surface area contributed by atoms with Crippen LogP contribution >= 0.6 is 34.2 Å². The molecule has 1 aromatic heterocycles. The van der Waals surface area contributed by atoms with E-state index in [0.29, 0.717) is 10.8 Å². The van der Waals surface area contributed by atoms with Crippen LogP contribution in [0.2, 0.25) is 5.02 Å². The summed E-state index contributed by atoms with van der Waals surface area (Å²) in [5.74, 6) is 0.104. The van der Waals surface area contributed by atoms with Gasteiger partial charge in [-0.15, -0.1) is 0 Å². The number of hydrogen-bond donors (Lipinski definition) is 2. The Labute approximate surface area is 139 Å². The van der Waals surface area contributed by atoms with Crippen molar-refractivity contribution < 1.29 is 4.39 Å². The molecule has 0 bridgehead atoms. The lowest BCUT2D eigenvalue weighted by atomic mass is 10.0. The number of nitrogens with one attached hydrogen (secondary N) is 1. The Morgan fingerprint density at radius 3 is 2.71 bits per heavy atom. The Hall–Kier alpha value is -1.60. The van der Waals surface area contributed by atoms with Crippen LogP contribution in [0.3, 0.4) is 0 Å². The second-order valence-corrected chi connectivity index (χ2v) is 6.09. The van der Waals surface area contributed by atoms with Crippen molar-refractivity contribution in [2.24, 2.45) is 0 Å². The third-order valence-electron chi connectivity index (χ3n) is 3.11. The SMILES string of the molecule is Nc1n[nH]c(-c2ccc(F)cc2I)c1-c1cccc(Cl)c1. The maximum absolute atomic E-state index is 13.3. The van der Waals surface area contributed by atoms with Gasteiger partial charge in [-0.2, -0.15) is 5.10 Å². The lowest BCUT2D eigenvalue weighted by molar-refractivity contribution is 0.627. The van der Waals surface area contributed by atoms with Crippen LogP contribution in [0.5, 0.6) is 0 Å². The minimum Gasteiger partial charge on any atom is -0.382 e. The van der Waals surface area contributed by atoms with Crippen molar-refractivity contribution in [3.8, 4) is 22.4 Å². The molecule has 0 radical (unpaired) electrons. The molecule has 1 heterocycles. The van der Waals surface area contributed by atoms with Gasteiger partial charge in [-0.25, -0.2) is 4.39 Å². The van der Waals surface area contributed by atoms with Crippen LogP contribution < -0.4 is 5.73 Å². The molecule has 0 fully saturated rings. The Balaban J connectivity index is 2.22. The predicted molar refractivity (Wildman–Crippen MR) is 91.6 cm³/mol. The predicted octanol–water partition coefficient (Wildman–Crippen LogP) is 4.72. The van der Waals surface area contributed by atoms with Crippen molar-refractivity contribution in [2.75, 3.05) is 5.73 Å². The normalized spacial score (nSPS) is 10.8. The first-order valence-electron chi connectivity index (χ1n) is 6.11. The minimum absolute atomic E-state index is 0.278. The van der Waals surface area contributed by atoms with Gasteiger partial charge in [0.05, 0.1) is 11.3 Å². The second kappa shape index (κ2) is 5.65. The number of H-pyrrole nitrogens is 1. The van der Waals surface area contributed by atoms with Gasteiger partial charge in [0.15, 0.2) is 5.82 Å². The molecule has 3 N–H and O–H groups in total. The van der Waals surface area contributed by atoms with Gasteiger partial charge in [-0.1, -0.05) is 23.7 Å². The summed E-state index contributed by atoms with van der Waals surface area (Å²) < 4.78 is 14.0. The molecule has 0 aliphatic carbocycles. The first-order valence-corrected chi connectivity index (χ1v) is 7.57. The fourth-order valence-corrected chi connectivity index (χ4v) is 3.12. The molecular formula is C15H10ClFIN3. The minimum atomic E-state index is -0.278. The number of nitrogen functional groups attached to an aromatic ring is 1. The zero-order chi connectivity index (χ0) is 15.0. The fourth-order valence-electron chi connectivity index (χ4n) is 2.18. The third-order valence-corrected chi connectivity index (χ3v) is 4.24. The van der Waals surface area contributed by atoms with E-state index in [1.54, 1.807) is 12.1 Å². The zero-order valence-corrected chi connectivity index (χ0v) is 13.6. The average Bonchev–Trinajstić information content (AvgIpc) is 2.80. The van der Waals surface area contributed by atoms with E-state index in [1.165, 1.54) is 12.1 Å². The monoisotopic (exact) mass is 413 g/mol. The standard InChI is InChI=1S/C15H10ClFIN3/c16-9-3-1-2-8(6-9)13-14(20-21-15(13)19)11-5-4-10(17)7-12(11)18/h1-7H,(H3,19,20,21). The van der Waals surface area contributed by atoms with Crippen LogP contribution in [0.15, 0.2) is 42.5 Å². The zero-order valence-electron chi connectivity index (χ0n) is 10.7. The Bertz CT molecular complexity index is 816. The molecule has 6 heteroatoms. The number of benzene rings is 2. The molecule has 0 aliphatic heterocycles. The molecule has 3 rings (SSSR count). The molecule has 3 nitrogen and oxygen atoms in total. The summed E-state index contributed by atoms with van der Waals surface area (Å²) >= 11 is 8.13. The summed E-state index contributed by atoms with van der Waals surface area (Å²) in [4.78, 5) is 0. The quantitative estimate of drug-likeness (QED) is 0.597. The van der Waals surface area contributed by atoms with Crippen molar-refractivity contribution in [3.63, 3.8) is 0 Å². The highest BCUT2D eigenvalue weighted by atomic mass is 127. The fraction of sp³-hybridized carbons (Fsp3) is 0. The smallest absolute Gasteiger partial charge is 0.153 e. The topological polar surface area (TPSA) is 54.7 Å². The van der Waals surface area contributed by atoms with Gasteiger partial charge in [0, 0.05) is 14.2 Å². The van der Waals surface area contributed by atoms with Crippen molar-refractivity contribution in [1.29, 1.82) is 0 Å². The highest BCUT2D eigenvalue weighted by Crippen LogP contribution is 2.37. The van der Waals surface area contributed by atoms with Gasteiger partial charge in [-0.3, -0.25) is 5.10 Å². The van der Waals surface area contributed by atoms with Crippen molar-refractivity contribution in [2.45, 2.75) is 0 Å². The van der Waals surface area contributed by atoms with E-state index in [9.17, 15) is 4.39 Å². The third kappa shape index (κ3) is 2.75. The second-order valence-electron chi connectivity index (χ2n) is 4.49. The molecule has 0 saturated carbocycles. The van der Waals surface area contributed by atoms with E-state index in [1.807, 2.05) is 18.2 Å². The van der Waals surface area contributed by atoms with Crippen molar-refractivity contribution >= 4 is 40.0 Å². The number of nitrogens with zero attached hydrogens (tertiary/aromatic N) is 1. The number of aromatic amines is 1. The highest BCUT2D eigenvalue weighted by Gasteiger charge is 2.17. The molecule has 0 aliphatic rings. The van der Waals surface area contributed by atoms with Gasteiger partial charge in [0.1, 0.15) is 5.82 Å². The van der Waals surface area contributed by atoms with E-state index < -0.39 is 0 Å². The van der Waals surface area contributed by atoms with Crippen LogP contribution in [0, 0.1) is 9.39 Å². The molecule has 21 heavy (non-hydrogen) atoms. The number of hydrogen-bond acceptors (Lipinski definition) is 2.